The van der Waals surface area contributed by atoms with Crippen molar-refractivity contribution >= 4 is 23.7 Å². The minimum atomic E-state index is -0.375. The molecule has 1 N–H and O–H groups in total. The Morgan fingerprint density at radius 1 is 1.47 bits per heavy atom. The van der Waals surface area contributed by atoms with E-state index in [2.05, 4.69) is 30.2 Å². The molecule has 104 valence electrons. The standard InChI is InChI=1S/C13H17N3O2.ClH/c1-9-12(16(17)18)6-10(7-15-9)11-4-5-14-8-13(11,2)3;/h4,6-7,14H,5,8H2,1-3H3;1H. The molecule has 5 nitrogen and oxygen atoms in total. The third-order valence-electron chi connectivity index (χ3n) is 3.31. The van der Waals surface area contributed by atoms with Gasteiger partial charge in [0.15, 0.2) is 0 Å². The lowest BCUT2D eigenvalue weighted by molar-refractivity contribution is -0.385. The van der Waals surface area contributed by atoms with E-state index in [-0.39, 0.29) is 28.4 Å². The third kappa shape index (κ3) is 3.11. The second-order valence-electron chi connectivity index (χ2n) is 5.22. The quantitative estimate of drug-likeness (QED) is 0.669. The van der Waals surface area contributed by atoms with E-state index in [0.29, 0.717) is 5.69 Å². The van der Waals surface area contributed by atoms with Gasteiger partial charge in [-0.15, -0.1) is 12.4 Å². The normalized spacial score (nSPS) is 17.3. The van der Waals surface area contributed by atoms with Gasteiger partial charge in [0.05, 0.1) is 4.92 Å². The predicted octanol–water partition coefficient (Wildman–Crippen LogP) is 2.73. The molecule has 0 saturated heterocycles. The van der Waals surface area contributed by atoms with Crippen LogP contribution < -0.4 is 5.32 Å². The smallest absolute Gasteiger partial charge is 0.291 e. The lowest BCUT2D eigenvalue weighted by Crippen LogP contribution is -2.35. The summed E-state index contributed by atoms with van der Waals surface area (Å²) in [4.78, 5) is 14.7. The molecule has 2 rings (SSSR count). The summed E-state index contributed by atoms with van der Waals surface area (Å²) in [5, 5.41) is 14.2. The molecule has 19 heavy (non-hydrogen) atoms. The van der Waals surface area contributed by atoms with Gasteiger partial charge in [0.25, 0.3) is 5.69 Å². The van der Waals surface area contributed by atoms with Gasteiger partial charge in [-0.2, -0.15) is 0 Å². The molecule has 0 amide bonds. The average molecular weight is 284 g/mol. The fourth-order valence-corrected chi connectivity index (χ4v) is 2.29. The van der Waals surface area contributed by atoms with E-state index in [9.17, 15) is 10.1 Å². The summed E-state index contributed by atoms with van der Waals surface area (Å²) >= 11 is 0. The number of halogens is 1. The van der Waals surface area contributed by atoms with Gasteiger partial charge in [0, 0.05) is 36.3 Å². The SMILES string of the molecule is Cc1ncc(C2=CCNCC2(C)C)cc1[N+](=O)[O-].Cl. The molecule has 0 bridgehead atoms. The number of nitrogens with zero attached hydrogens (tertiary/aromatic N) is 2. The molecular formula is C13H18ClN3O2. The van der Waals surface area contributed by atoms with Gasteiger partial charge in [0.1, 0.15) is 5.69 Å². The Morgan fingerprint density at radius 2 is 2.16 bits per heavy atom. The molecule has 6 heteroatoms. The molecule has 0 atom stereocenters. The summed E-state index contributed by atoms with van der Waals surface area (Å²) < 4.78 is 0. The second-order valence-corrected chi connectivity index (χ2v) is 5.22. The van der Waals surface area contributed by atoms with E-state index in [1.807, 2.05) is 0 Å². The molecule has 1 aliphatic rings. The zero-order valence-electron chi connectivity index (χ0n) is 11.3. The maximum atomic E-state index is 11.0. The summed E-state index contributed by atoms with van der Waals surface area (Å²) in [5.41, 5.74) is 2.47. The summed E-state index contributed by atoms with van der Waals surface area (Å²) in [6, 6.07) is 1.63. The Bertz CT molecular complexity index is 527. The van der Waals surface area contributed by atoms with E-state index in [1.165, 1.54) is 0 Å². The van der Waals surface area contributed by atoms with Gasteiger partial charge < -0.3 is 5.32 Å². The van der Waals surface area contributed by atoms with Crippen molar-refractivity contribution in [3.8, 4) is 0 Å². The third-order valence-corrected chi connectivity index (χ3v) is 3.31. The number of aromatic nitrogens is 1. The van der Waals surface area contributed by atoms with E-state index in [1.54, 1.807) is 19.2 Å². The monoisotopic (exact) mass is 283 g/mol. The molecule has 1 aromatic rings. The molecule has 0 spiro atoms. The van der Waals surface area contributed by atoms with Gasteiger partial charge in [-0.1, -0.05) is 19.9 Å². The van der Waals surface area contributed by atoms with E-state index in [0.717, 1.165) is 24.2 Å². The molecule has 0 unspecified atom stereocenters. The Labute approximate surface area is 118 Å². The van der Waals surface area contributed by atoms with Crippen molar-refractivity contribution < 1.29 is 4.92 Å². The molecule has 1 aromatic heterocycles. The van der Waals surface area contributed by atoms with Gasteiger partial charge in [-0.25, -0.2) is 0 Å². The van der Waals surface area contributed by atoms with Crippen molar-refractivity contribution in [3.63, 3.8) is 0 Å². The number of hydrogen-bond donors (Lipinski definition) is 1. The fourth-order valence-electron chi connectivity index (χ4n) is 2.29. The van der Waals surface area contributed by atoms with Crippen LogP contribution >= 0.6 is 12.4 Å². The Balaban J connectivity index is 0.00000180. The van der Waals surface area contributed by atoms with Gasteiger partial charge in [-0.3, -0.25) is 15.1 Å². The number of pyridine rings is 1. The van der Waals surface area contributed by atoms with Crippen LogP contribution in [0.25, 0.3) is 5.57 Å². The van der Waals surface area contributed by atoms with E-state index >= 15 is 0 Å². The van der Waals surface area contributed by atoms with Crippen LogP contribution in [-0.4, -0.2) is 23.0 Å². The molecule has 0 saturated carbocycles. The first-order chi connectivity index (χ1) is 8.42. The first-order valence-electron chi connectivity index (χ1n) is 5.94. The number of nitro groups is 1. The number of rotatable bonds is 2. The van der Waals surface area contributed by atoms with Crippen molar-refractivity contribution in [2.24, 2.45) is 5.41 Å². The summed E-state index contributed by atoms with van der Waals surface area (Å²) in [6.07, 6.45) is 3.81. The van der Waals surface area contributed by atoms with Crippen molar-refractivity contribution in [3.05, 3.63) is 39.7 Å². The van der Waals surface area contributed by atoms with Gasteiger partial charge in [0.2, 0.25) is 0 Å². The van der Waals surface area contributed by atoms with Gasteiger partial charge in [-0.05, 0) is 12.5 Å². The summed E-state index contributed by atoms with van der Waals surface area (Å²) in [6.45, 7) is 7.55. The highest BCUT2D eigenvalue weighted by Crippen LogP contribution is 2.36. The van der Waals surface area contributed by atoms with E-state index in [4.69, 9.17) is 0 Å². The Kier molecular flexibility index (Phi) is 4.66. The number of nitrogens with one attached hydrogen (secondary N) is 1. The number of aryl methyl sites for hydroxylation is 1. The van der Waals surface area contributed by atoms with Crippen LogP contribution in [0.4, 0.5) is 5.69 Å². The largest absolute Gasteiger partial charge is 0.312 e. The second kappa shape index (κ2) is 5.67. The Hall–Kier alpha value is -1.46. The average Bonchev–Trinajstić information content (AvgIpc) is 2.29. The van der Waals surface area contributed by atoms with Crippen LogP contribution in [0, 0.1) is 22.5 Å². The highest BCUT2D eigenvalue weighted by atomic mass is 35.5. The molecule has 0 aromatic carbocycles. The highest BCUT2D eigenvalue weighted by molar-refractivity contribution is 5.85. The number of hydrogen-bond acceptors (Lipinski definition) is 4. The van der Waals surface area contributed by atoms with Crippen LogP contribution in [0.5, 0.6) is 0 Å². The van der Waals surface area contributed by atoms with Crippen molar-refractivity contribution in [1.82, 2.24) is 10.3 Å². The lowest BCUT2D eigenvalue weighted by atomic mass is 9.78. The topological polar surface area (TPSA) is 68.1 Å². The van der Waals surface area contributed by atoms with Crippen LogP contribution in [0.3, 0.4) is 0 Å². The summed E-state index contributed by atoms with van der Waals surface area (Å²) in [7, 11) is 0. The molecule has 2 heterocycles. The lowest BCUT2D eigenvalue weighted by Gasteiger charge is -2.32. The van der Waals surface area contributed by atoms with Crippen LogP contribution in [-0.2, 0) is 0 Å². The van der Waals surface area contributed by atoms with Crippen LogP contribution in [0.1, 0.15) is 25.1 Å². The molecule has 0 aliphatic carbocycles. The minimum Gasteiger partial charge on any atom is -0.312 e. The molecular weight excluding hydrogens is 266 g/mol. The van der Waals surface area contributed by atoms with Crippen molar-refractivity contribution in [1.29, 1.82) is 0 Å². The highest BCUT2D eigenvalue weighted by Gasteiger charge is 2.28. The minimum absolute atomic E-state index is 0. The fraction of sp³-hybridized carbons (Fsp3) is 0.462. The Morgan fingerprint density at radius 3 is 2.74 bits per heavy atom. The zero-order chi connectivity index (χ0) is 13.3. The van der Waals surface area contributed by atoms with Gasteiger partial charge >= 0.3 is 0 Å². The van der Waals surface area contributed by atoms with Crippen molar-refractivity contribution in [2.75, 3.05) is 13.1 Å². The van der Waals surface area contributed by atoms with Crippen LogP contribution in [0.15, 0.2) is 18.3 Å². The predicted molar refractivity (Wildman–Crippen MR) is 77.5 cm³/mol. The molecule has 1 aliphatic heterocycles. The van der Waals surface area contributed by atoms with Crippen LogP contribution in [0.2, 0.25) is 0 Å². The maximum Gasteiger partial charge on any atom is 0.291 e. The molecule has 0 fully saturated rings. The first-order valence-corrected chi connectivity index (χ1v) is 5.94. The zero-order valence-corrected chi connectivity index (χ0v) is 12.1. The summed E-state index contributed by atoms with van der Waals surface area (Å²) in [5.74, 6) is 0. The molecule has 0 radical (unpaired) electrons. The first kappa shape index (κ1) is 15.6. The maximum absolute atomic E-state index is 11.0. The van der Waals surface area contributed by atoms with E-state index < -0.39 is 0 Å². The van der Waals surface area contributed by atoms with Crippen molar-refractivity contribution in [2.45, 2.75) is 20.8 Å².